The number of rotatable bonds is 28. The van der Waals surface area contributed by atoms with Gasteiger partial charge < -0.3 is 13.9 Å². The van der Waals surface area contributed by atoms with Gasteiger partial charge in [0.15, 0.2) is 0 Å². The van der Waals surface area contributed by atoms with Crippen LogP contribution in [0.15, 0.2) is 0 Å². The summed E-state index contributed by atoms with van der Waals surface area (Å²) in [5.74, 6) is 1.47. The molecule has 1 atom stereocenters. The van der Waals surface area contributed by atoms with Crippen molar-refractivity contribution in [3.8, 4) is 0 Å². The summed E-state index contributed by atoms with van der Waals surface area (Å²) in [5.41, 5.74) is -0.462. The molecule has 3 nitrogen and oxygen atoms in total. The second kappa shape index (κ2) is 23.7. The largest absolute Gasteiger partial charge is 0.330 e. The van der Waals surface area contributed by atoms with E-state index in [1.165, 1.54) is 109 Å². The Morgan fingerprint density at radius 3 is 1.20 bits per heavy atom. The Kier molecular flexibility index (Phi) is 23.9. The number of hydrogen-bond acceptors (Lipinski definition) is 3. The molecule has 1 N–H and O–H groups in total. The molecule has 0 aliphatic rings. The van der Waals surface area contributed by atoms with E-state index in [4.69, 9.17) is 9.05 Å². The zero-order chi connectivity index (χ0) is 30.4. The van der Waals surface area contributed by atoms with E-state index in [-0.39, 0.29) is 17.3 Å². The average molecular weight is 587 g/mol. The van der Waals surface area contributed by atoms with E-state index in [0.717, 1.165) is 12.8 Å². The molecule has 0 aromatic heterocycles. The van der Waals surface area contributed by atoms with Gasteiger partial charge in [-0.25, -0.2) is 0 Å². The molecule has 0 heterocycles. The molecule has 242 valence electrons. The Labute approximate surface area is 254 Å². The maximum absolute atomic E-state index is 11.2. The van der Waals surface area contributed by atoms with Crippen LogP contribution in [0.2, 0.25) is 0 Å². The Bertz CT molecular complexity index is 544. The van der Waals surface area contributed by atoms with Gasteiger partial charge in [-0.3, -0.25) is 0 Å². The topological polar surface area (TPSA) is 38.7 Å². The van der Waals surface area contributed by atoms with Crippen LogP contribution in [-0.4, -0.2) is 17.1 Å². The molecule has 40 heavy (non-hydrogen) atoms. The SMILES string of the molecule is CCCCCCCCCCCCOP(O)OC(C(C)C)(C(C)C)C(CCCCCCCCCC)(C(C)C)C(C)C. The summed E-state index contributed by atoms with van der Waals surface area (Å²) in [5, 5.41) is 0. The predicted octanol–water partition coefficient (Wildman–Crippen LogP) is 13.0. The summed E-state index contributed by atoms with van der Waals surface area (Å²) in [6.07, 6.45) is 24.8. The average Bonchev–Trinajstić information content (AvgIpc) is 2.89. The highest BCUT2D eigenvalue weighted by molar-refractivity contribution is 7.40. The fourth-order valence-corrected chi connectivity index (χ4v) is 9.01. The lowest BCUT2D eigenvalue weighted by molar-refractivity contribution is -0.182. The minimum Gasteiger partial charge on any atom is -0.328 e. The van der Waals surface area contributed by atoms with E-state index in [1.807, 2.05) is 0 Å². The van der Waals surface area contributed by atoms with E-state index in [0.29, 0.717) is 18.4 Å². The molecule has 1 unspecified atom stereocenters. The summed E-state index contributed by atoms with van der Waals surface area (Å²) >= 11 is 0. The monoisotopic (exact) mass is 587 g/mol. The van der Waals surface area contributed by atoms with Crippen LogP contribution in [0.5, 0.6) is 0 Å². The van der Waals surface area contributed by atoms with Crippen molar-refractivity contribution in [2.45, 2.75) is 197 Å². The summed E-state index contributed by atoms with van der Waals surface area (Å²) in [6, 6.07) is 0. The molecule has 0 aromatic rings. The van der Waals surface area contributed by atoms with Crippen LogP contribution in [0.1, 0.15) is 191 Å². The predicted molar refractivity (Wildman–Crippen MR) is 180 cm³/mol. The molecule has 0 aliphatic heterocycles. The number of unbranched alkanes of at least 4 members (excludes halogenated alkanes) is 16. The first kappa shape index (κ1) is 40.3. The van der Waals surface area contributed by atoms with Gasteiger partial charge in [-0.15, -0.1) is 0 Å². The third kappa shape index (κ3) is 13.7. The van der Waals surface area contributed by atoms with Crippen molar-refractivity contribution in [3.63, 3.8) is 0 Å². The molecule has 0 radical (unpaired) electrons. The third-order valence-electron chi connectivity index (χ3n) is 9.88. The summed E-state index contributed by atoms with van der Waals surface area (Å²) in [7, 11) is -1.91. The van der Waals surface area contributed by atoms with Crippen molar-refractivity contribution < 1.29 is 13.9 Å². The van der Waals surface area contributed by atoms with Gasteiger partial charge in [0.1, 0.15) is 0 Å². The summed E-state index contributed by atoms with van der Waals surface area (Å²) < 4.78 is 12.9. The van der Waals surface area contributed by atoms with Gasteiger partial charge in [-0.05, 0) is 36.5 Å². The van der Waals surface area contributed by atoms with Gasteiger partial charge >= 0.3 is 8.60 Å². The summed E-state index contributed by atoms with van der Waals surface area (Å²) in [6.45, 7) is 23.9. The molecule has 0 aliphatic carbocycles. The van der Waals surface area contributed by atoms with Crippen molar-refractivity contribution in [3.05, 3.63) is 0 Å². The standard InChI is InChI=1S/C36H75O3P/c1-11-13-15-17-19-21-22-24-26-28-30-38-40(37)39-36(33(7)8,34(9)10)35(31(3)4,32(5)6)29-27-25-23-20-18-16-14-12-2/h31-34,37H,11-30H2,1-10H3. The fourth-order valence-electron chi connectivity index (χ4n) is 7.82. The van der Waals surface area contributed by atoms with Crippen LogP contribution in [0.25, 0.3) is 0 Å². The zero-order valence-corrected chi connectivity index (χ0v) is 30.1. The quantitative estimate of drug-likeness (QED) is 0.0732. The van der Waals surface area contributed by atoms with E-state index in [9.17, 15) is 4.89 Å². The lowest BCUT2D eigenvalue weighted by Crippen LogP contribution is -2.61. The van der Waals surface area contributed by atoms with E-state index >= 15 is 0 Å². The molecule has 0 aromatic carbocycles. The van der Waals surface area contributed by atoms with Crippen molar-refractivity contribution in [2.75, 3.05) is 6.61 Å². The van der Waals surface area contributed by atoms with Crippen molar-refractivity contribution in [1.29, 1.82) is 0 Å². The van der Waals surface area contributed by atoms with Crippen LogP contribution in [0.4, 0.5) is 0 Å². The molecule has 0 saturated heterocycles. The normalized spacial score (nSPS) is 13.9. The van der Waals surface area contributed by atoms with Crippen LogP contribution in [0, 0.1) is 29.1 Å². The van der Waals surface area contributed by atoms with E-state index in [1.54, 1.807) is 0 Å². The Hall–Kier alpha value is 0.310. The van der Waals surface area contributed by atoms with Gasteiger partial charge in [0.2, 0.25) is 0 Å². The van der Waals surface area contributed by atoms with Crippen molar-refractivity contribution in [2.24, 2.45) is 29.1 Å². The second-order valence-electron chi connectivity index (χ2n) is 14.0. The lowest BCUT2D eigenvalue weighted by Gasteiger charge is -2.60. The van der Waals surface area contributed by atoms with Gasteiger partial charge in [0.25, 0.3) is 0 Å². The number of hydrogen-bond donors (Lipinski definition) is 1. The third-order valence-corrected chi connectivity index (χ3v) is 10.7. The van der Waals surface area contributed by atoms with Crippen LogP contribution < -0.4 is 0 Å². The minimum absolute atomic E-state index is 0.0264. The molecular weight excluding hydrogens is 511 g/mol. The Morgan fingerprint density at radius 2 is 0.850 bits per heavy atom. The van der Waals surface area contributed by atoms with Gasteiger partial charge in [0.05, 0.1) is 12.2 Å². The maximum atomic E-state index is 11.2. The molecule has 0 fully saturated rings. The molecule has 0 rings (SSSR count). The van der Waals surface area contributed by atoms with Crippen LogP contribution >= 0.6 is 8.60 Å². The van der Waals surface area contributed by atoms with Gasteiger partial charge in [-0.1, -0.05) is 178 Å². The smallest absolute Gasteiger partial charge is 0.328 e. The minimum atomic E-state index is -1.91. The molecule has 0 amide bonds. The summed E-state index contributed by atoms with van der Waals surface area (Å²) in [4.78, 5) is 11.2. The van der Waals surface area contributed by atoms with E-state index in [2.05, 4.69) is 69.2 Å². The first-order chi connectivity index (χ1) is 19.0. The van der Waals surface area contributed by atoms with Crippen molar-refractivity contribution in [1.82, 2.24) is 0 Å². The highest BCUT2D eigenvalue weighted by Crippen LogP contribution is 2.61. The van der Waals surface area contributed by atoms with Crippen LogP contribution in [-0.2, 0) is 9.05 Å². The van der Waals surface area contributed by atoms with Gasteiger partial charge in [0, 0.05) is 5.41 Å². The first-order valence-electron chi connectivity index (χ1n) is 17.8. The Morgan fingerprint density at radius 1 is 0.500 bits per heavy atom. The molecule has 0 bridgehead atoms. The first-order valence-corrected chi connectivity index (χ1v) is 19.0. The molecule has 0 spiro atoms. The Balaban J connectivity index is 5.14. The van der Waals surface area contributed by atoms with E-state index < -0.39 is 14.2 Å². The zero-order valence-electron chi connectivity index (χ0n) is 29.2. The van der Waals surface area contributed by atoms with Gasteiger partial charge in [-0.2, -0.15) is 0 Å². The fraction of sp³-hybridized carbons (Fsp3) is 1.00. The lowest BCUT2D eigenvalue weighted by atomic mass is 9.50. The highest BCUT2D eigenvalue weighted by atomic mass is 31.2. The molecule has 4 heteroatoms. The highest BCUT2D eigenvalue weighted by Gasteiger charge is 2.59. The second-order valence-corrected chi connectivity index (χ2v) is 14.9. The van der Waals surface area contributed by atoms with Crippen LogP contribution in [0.3, 0.4) is 0 Å². The van der Waals surface area contributed by atoms with Crippen molar-refractivity contribution >= 4 is 8.60 Å². The molecular formula is C36H75O3P. The molecule has 0 saturated carbocycles. The maximum Gasteiger partial charge on any atom is 0.330 e.